The van der Waals surface area contributed by atoms with Gasteiger partial charge in [-0.1, -0.05) is 0 Å². The average molecular weight is 225 g/mol. The first-order valence-corrected chi connectivity index (χ1v) is 5.46. The third-order valence-corrected chi connectivity index (χ3v) is 3.19. The number of primary amides is 1. The van der Waals surface area contributed by atoms with Crippen LogP contribution in [0.5, 0.6) is 0 Å². The van der Waals surface area contributed by atoms with Crippen LogP contribution in [0.15, 0.2) is 0 Å². The lowest BCUT2D eigenvalue weighted by molar-refractivity contribution is -0.140. The second-order valence-electron chi connectivity index (χ2n) is 4.30. The number of hydrogen-bond donors (Lipinski definition) is 2. The molecule has 2 heterocycles. The van der Waals surface area contributed by atoms with Crippen molar-refractivity contribution in [3.05, 3.63) is 0 Å². The minimum Gasteiger partial charge on any atom is -0.368 e. The normalized spacial score (nSPS) is 29.2. The van der Waals surface area contributed by atoms with Crippen LogP contribution in [0.1, 0.15) is 19.3 Å². The summed E-state index contributed by atoms with van der Waals surface area (Å²) < 4.78 is 0. The van der Waals surface area contributed by atoms with E-state index in [-0.39, 0.29) is 24.2 Å². The van der Waals surface area contributed by atoms with E-state index in [1.807, 2.05) is 0 Å². The van der Waals surface area contributed by atoms with Gasteiger partial charge >= 0.3 is 0 Å². The summed E-state index contributed by atoms with van der Waals surface area (Å²) in [4.78, 5) is 35.7. The van der Waals surface area contributed by atoms with E-state index in [1.165, 1.54) is 4.90 Å². The van der Waals surface area contributed by atoms with Crippen LogP contribution >= 0.6 is 0 Å². The van der Waals surface area contributed by atoms with E-state index < -0.39 is 11.9 Å². The number of hydrogen-bond acceptors (Lipinski definition) is 3. The van der Waals surface area contributed by atoms with Crippen molar-refractivity contribution in [3.8, 4) is 0 Å². The number of likely N-dealkylation sites (tertiary alicyclic amines) is 1. The predicted octanol–water partition coefficient (Wildman–Crippen LogP) is -1.40. The summed E-state index contributed by atoms with van der Waals surface area (Å²) in [5.74, 6) is -1.01. The topological polar surface area (TPSA) is 92.5 Å². The predicted molar refractivity (Wildman–Crippen MR) is 55.0 cm³/mol. The Bertz CT molecular complexity index is 342. The molecule has 0 aliphatic carbocycles. The van der Waals surface area contributed by atoms with Crippen LogP contribution in [0, 0.1) is 5.92 Å². The molecule has 2 fully saturated rings. The van der Waals surface area contributed by atoms with E-state index >= 15 is 0 Å². The molecule has 6 nitrogen and oxygen atoms in total. The van der Waals surface area contributed by atoms with E-state index in [9.17, 15) is 14.4 Å². The van der Waals surface area contributed by atoms with Crippen molar-refractivity contribution < 1.29 is 14.4 Å². The molecule has 0 spiro atoms. The zero-order chi connectivity index (χ0) is 11.7. The Morgan fingerprint density at radius 2 is 2.19 bits per heavy atom. The molecule has 0 aromatic rings. The standard InChI is InChI=1S/C10H15N3O3/c11-9(15)7-2-1-3-13(7)10(16)6-4-8(14)12-5-6/h6-7H,1-5H2,(H2,11,15)(H,12,14). The largest absolute Gasteiger partial charge is 0.368 e. The van der Waals surface area contributed by atoms with Gasteiger partial charge < -0.3 is 16.0 Å². The highest BCUT2D eigenvalue weighted by molar-refractivity contribution is 5.92. The average Bonchev–Trinajstić information content (AvgIpc) is 2.84. The minimum absolute atomic E-state index is 0.104. The number of amides is 3. The molecule has 6 heteroatoms. The zero-order valence-corrected chi connectivity index (χ0v) is 8.94. The molecule has 0 aromatic carbocycles. The Hall–Kier alpha value is -1.59. The lowest BCUT2D eigenvalue weighted by Crippen LogP contribution is -2.46. The van der Waals surface area contributed by atoms with Gasteiger partial charge in [-0.3, -0.25) is 14.4 Å². The number of carbonyl (C=O) groups excluding carboxylic acids is 3. The Labute approximate surface area is 93.1 Å². The van der Waals surface area contributed by atoms with Crippen LogP contribution in [0.25, 0.3) is 0 Å². The molecule has 2 aliphatic heterocycles. The molecule has 3 N–H and O–H groups in total. The molecule has 88 valence electrons. The maximum absolute atomic E-state index is 12.0. The van der Waals surface area contributed by atoms with Crippen LogP contribution < -0.4 is 11.1 Å². The molecule has 2 aliphatic rings. The SMILES string of the molecule is NC(=O)C1CCCN1C(=O)C1CNC(=O)C1. The highest BCUT2D eigenvalue weighted by Crippen LogP contribution is 2.22. The van der Waals surface area contributed by atoms with Gasteiger partial charge in [-0.15, -0.1) is 0 Å². The summed E-state index contributed by atoms with van der Waals surface area (Å²) in [6.07, 6.45) is 1.66. The van der Waals surface area contributed by atoms with Crippen LogP contribution in [0.3, 0.4) is 0 Å². The second kappa shape index (κ2) is 4.11. The smallest absolute Gasteiger partial charge is 0.240 e. The van der Waals surface area contributed by atoms with Crippen molar-refractivity contribution in [1.82, 2.24) is 10.2 Å². The Morgan fingerprint density at radius 3 is 2.75 bits per heavy atom. The Balaban J connectivity index is 2.03. The van der Waals surface area contributed by atoms with Crippen molar-refractivity contribution in [2.45, 2.75) is 25.3 Å². The van der Waals surface area contributed by atoms with E-state index in [4.69, 9.17) is 5.73 Å². The molecule has 16 heavy (non-hydrogen) atoms. The highest BCUT2D eigenvalue weighted by atomic mass is 16.2. The number of nitrogens with one attached hydrogen (secondary N) is 1. The monoisotopic (exact) mass is 225 g/mol. The summed E-state index contributed by atoms with van der Waals surface area (Å²) in [7, 11) is 0. The fourth-order valence-electron chi connectivity index (χ4n) is 2.34. The van der Waals surface area contributed by atoms with Gasteiger partial charge in [-0.2, -0.15) is 0 Å². The lowest BCUT2D eigenvalue weighted by Gasteiger charge is -2.24. The van der Waals surface area contributed by atoms with Gasteiger partial charge in [-0.25, -0.2) is 0 Å². The summed E-state index contributed by atoms with van der Waals surface area (Å²) >= 11 is 0. The molecular weight excluding hydrogens is 210 g/mol. The van der Waals surface area contributed by atoms with E-state index in [1.54, 1.807) is 0 Å². The molecule has 3 amide bonds. The van der Waals surface area contributed by atoms with Gasteiger partial charge in [0.1, 0.15) is 6.04 Å². The third kappa shape index (κ3) is 1.87. The molecule has 2 unspecified atom stereocenters. The van der Waals surface area contributed by atoms with Gasteiger partial charge in [0.2, 0.25) is 17.7 Å². The first-order chi connectivity index (χ1) is 7.59. The van der Waals surface area contributed by atoms with Gasteiger partial charge in [0.25, 0.3) is 0 Å². The van der Waals surface area contributed by atoms with Crippen molar-refractivity contribution in [3.63, 3.8) is 0 Å². The zero-order valence-electron chi connectivity index (χ0n) is 8.94. The van der Waals surface area contributed by atoms with E-state index in [0.29, 0.717) is 19.5 Å². The Kier molecular flexibility index (Phi) is 2.80. The highest BCUT2D eigenvalue weighted by Gasteiger charge is 2.38. The van der Waals surface area contributed by atoms with E-state index in [0.717, 1.165) is 6.42 Å². The third-order valence-electron chi connectivity index (χ3n) is 3.19. The Morgan fingerprint density at radius 1 is 1.44 bits per heavy atom. The molecule has 0 bridgehead atoms. The fraction of sp³-hybridized carbons (Fsp3) is 0.700. The van der Waals surface area contributed by atoms with Crippen molar-refractivity contribution in [2.75, 3.05) is 13.1 Å². The number of carbonyl (C=O) groups is 3. The molecule has 0 aromatic heterocycles. The number of nitrogens with zero attached hydrogens (tertiary/aromatic N) is 1. The molecular formula is C10H15N3O3. The summed E-state index contributed by atoms with van der Waals surface area (Å²) in [6.45, 7) is 0.941. The molecule has 2 saturated heterocycles. The molecule has 2 rings (SSSR count). The van der Waals surface area contributed by atoms with Crippen molar-refractivity contribution in [1.29, 1.82) is 0 Å². The van der Waals surface area contributed by atoms with Crippen molar-refractivity contribution in [2.24, 2.45) is 11.7 Å². The van der Waals surface area contributed by atoms with Gasteiger partial charge in [-0.05, 0) is 12.8 Å². The van der Waals surface area contributed by atoms with Gasteiger partial charge in [0.05, 0.1) is 5.92 Å². The fourth-order valence-corrected chi connectivity index (χ4v) is 2.34. The molecule has 2 atom stereocenters. The molecule has 0 saturated carbocycles. The minimum atomic E-state index is -0.483. The molecule has 0 radical (unpaired) electrons. The maximum atomic E-state index is 12.0. The number of rotatable bonds is 2. The first kappa shape index (κ1) is 10.9. The summed E-state index contributed by atoms with van der Waals surface area (Å²) in [5.41, 5.74) is 5.24. The van der Waals surface area contributed by atoms with Gasteiger partial charge in [0.15, 0.2) is 0 Å². The van der Waals surface area contributed by atoms with Gasteiger partial charge in [0, 0.05) is 19.5 Å². The second-order valence-corrected chi connectivity index (χ2v) is 4.30. The van der Waals surface area contributed by atoms with Crippen LogP contribution in [0.2, 0.25) is 0 Å². The van der Waals surface area contributed by atoms with Crippen LogP contribution in [-0.2, 0) is 14.4 Å². The quantitative estimate of drug-likeness (QED) is 0.605. The van der Waals surface area contributed by atoms with Crippen molar-refractivity contribution >= 4 is 17.7 Å². The maximum Gasteiger partial charge on any atom is 0.240 e. The van der Waals surface area contributed by atoms with Crippen LogP contribution in [0.4, 0.5) is 0 Å². The summed E-state index contributed by atoms with van der Waals surface area (Å²) in [6, 6.07) is -0.483. The number of nitrogens with two attached hydrogens (primary N) is 1. The lowest BCUT2D eigenvalue weighted by atomic mass is 10.1. The summed E-state index contributed by atoms with van der Waals surface area (Å²) in [5, 5.41) is 2.62. The van der Waals surface area contributed by atoms with Crippen LogP contribution in [-0.4, -0.2) is 41.8 Å². The van der Waals surface area contributed by atoms with E-state index in [2.05, 4.69) is 5.32 Å². The first-order valence-electron chi connectivity index (χ1n) is 5.46.